The van der Waals surface area contributed by atoms with Gasteiger partial charge in [0.1, 0.15) is 6.10 Å². The molecule has 1 amide bonds. The Bertz CT molecular complexity index is 1060. The van der Waals surface area contributed by atoms with Gasteiger partial charge in [0.25, 0.3) is 5.91 Å². The number of carbonyl (C=O) groups is 1. The van der Waals surface area contributed by atoms with Crippen molar-refractivity contribution in [1.82, 2.24) is 0 Å². The van der Waals surface area contributed by atoms with Crippen LogP contribution in [0.2, 0.25) is 0 Å². The normalized spacial score (nSPS) is 13.3. The quantitative estimate of drug-likeness (QED) is 0.386. The first-order valence-corrected chi connectivity index (χ1v) is 11.8. The molecule has 0 radical (unpaired) electrons. The Morgan fingerprint density at radius 2 is 1.45 bits per heavy atom. The van der Waals surface area contributed by atoms with Crippen molar-refractivity contribution in [1.29, 1.82) is 0 Å². The minimum absolute atomic E-state index is 0.130. The molecule has 0 aliphatic carbocycles. The van der Waals surface area contributed by atoms with Gasteiger partial charge < -0.3 is 19.3 Å². The number of ether oxygens (including phenoxy) is 2. The SMILES string of the molecule is CC(C)(COCc1ccccc1)C(OCc1ccccc1)C(=O)Nc1ccccc1S(=O)O. The molecule has 33 heavy (non-hydrogen) atoms. The zero-order valence-electron chi connectivity index (χ0n) is 18.8. The van der Waals surface area contributed by atoms with Crippen molar-refractivity contribution in [2.75, 3.05) is 11.9 Å². The van der Waals surface area contributed by atoms with Crippen LogP contribution in [-0.2, 0) is 38.6 Å². The Kier molecular flexibility index (Phi) is 8.91. The highest BCUT2D eigenvalue weighted by Crippen LogP contribution is 2.28. The van der Waals surface area contributed by atoms with E-state index in [1.54, 1.807) is 18.2 Å². The number of hydrogen-bond donors (Lipinski definition) is 2. The van der Waals surface area contributed by atoms with Crippen LogP contribution in [-0.4, -0.2) is 27.4 Å². The second-order valence-corrected chi connectivity index (χ2v) is 9.32. The predicted octanol–water partition coefficient (Wildman–Crippen LogP) is 5.03. The van der Waals surface area contributed by atoms with E-state index >= 15 is 0 Å². The van der Waals surface area contributed by atoms with E-state index in [-0.39, 0.29) is 23.8 Å². The fourth-order valence-electron chi connectivity index (χ4n) is 3.41. The molecule has 3 aromatic rings. The second-order valence-electron chi connectivity index (χ2n) is 8.38. The summed E-state index contributed by atoms with van der Waals surface area (Å²) >= 11 is -2.23. The third kappa shape index (κ3) is 7.33. The Morgan fingerprint density at radius 3 is 2.06 bits per heavy atom. The summed E-state index contributed by atoms with van der Waals surface area (Å²) < 4.78 is 33.3. The molecule has 0 bridgehead atoms. The number of para-hydroxylation sites is 1. The van der Waals surface area contributed by atoms with E-state index in [9.17, 15) is 13.6 Å². The number of rotatable bonds is 11. The van der Waals surface area contributed by atoms with Gasteiger partial charge in [0.15, 0.2) is 11.1 Å². The highest BCUT2D eigenvalue weighted by Gasteiger charge is 2.37. The summed E-state index contributed by atoms with van der Waals surface area (Å²) in [6.07, 6.45) is -0.867. The van der Waals surface area contributed by atoms with Crippen LogP contribution in [0.3, 0.4) is 0 Å². The molecule has 0 saturated heterocycles. The summed E-state index contributed by atoms with van der Waals surface area (Å²) in [5.41, 5.74) is 1.57. The molecule has 0 fully saturated rings. The number of benzene rings is 3. The lowest BCUT2D eigenvalue weighted by Gasteiger charge is -2.33. The lowest BCUT2D eigenvalue weighted by Crippen LogP contribution is -2.45. The molecular formula is C26H29NO5S. The third-order valence-corrected chi connectivity index (χ3v) is 5.86. The lowest BCUT2D eigenvalue weighted by atomic mass is 9.86. The molecule has 0 saturated carbocycles. The molecule has 2 N–H and O–H groups in total. The van der Waals surface area contributed by atoms with Crippen LogP contribution in [0.5, 0.6) is 0 Å². The molecule has 0 aliphatic rings. The summed E-state index contributed by atoms with van der Waals surface area (Å²) in [5.74, 6) is -0.405. The van der Waals surface area contributed by atoms with E-state index in [1.165, 1.54) is 6.07 Å². The summed E-state index contributed by atoms with van der Waals surface area (Å²) in [4.78, 5) is 13.4. The maximum atomic E-state index is 13.3. The van der Waals surface area contributed by atoms with Gasteiger partial charge in [-0.05, 0) is 23.3 Å². The number of anilines is 1. The maximum absolute atomic E-state index is 13.3. The highest BCUT2D eigenvalue weighted by molar-refractivity contribution is 7.79. The minimum Gasteiger partial charge on any atom is -0.376 e. The van der Waals surface area contributed by atoms with E-state index in [0.29, 0.717) is 6.61 Å². The summed E-state index contributed by atoms with van der Waals surface area (Å²) in [7, 11) is 0. The van der Waals surface area contributed by atoms with Gasteiger partial charge >= 0.3 is 0 Å². The molecule has 0 spiro atoms. The third-order valence-electron chi connectivity index (χ3n) is 5.13. The van der Waals surface area contributed by atoms with E-state index < -0.39 is 28.5 Å². The Balaban J connectivity index is 1.75. The summed E-state index contributed by atoms with van der Waals surface area (Å²) in [5, 5.41) is 2.77. The molecule has 2 atom stereocenters. The Labute approximate surface area is 197 Å². The summed E-state index contributed by atoms with van der Waals surface area (Å²) in [6.45, 7) is 4.76. The van der Waals surface area contributed by atoms with Crippen LogP contribution in [0.1, 0.15) is 25.0 Å². The van der Waals surface area contributed by atoms with Gasteiger partial charge in [-0.2, -0.15) is 0 Å². The molecule has 0 heterocycles. The van der Waals surface area contributed by atoms with Gasteiger partial charge in [0.2, 0.25) is 0 Å². The van der Waals surface area contributed by atoms with Crippen molar-refractivity contribution in [2.24, 2.45) is 5.41 Å². The van der Waals surface area contributed by atoms with Crippen LogP contribution in [0.15, 0.2) is 89.8 Å². The average Bonchev–Trinajstić information content (AvgIpc) is 2.80. The number of amides is 1. The first-order valence-electron chi connectivity index (χ1n) is 10.6. The van der Waals surface area contributed by atoms with Crippen LogP contribution in [0, 0.1) is 5.41 Å². The van der Waals surface area contributed by atoms with E-state index in [2.05, 4.69) is 5.32 Å². The monoisotopic (exact) mass is 467 g/mol. The molecule has 6 nitrogen and oxygen atoms in total. The minimum atomic E-state index is -2.23. The van der Waals surface area contributed by atoms with Crippen molar-refractivity contribution in [3.05, 3.63) is 96.1 Å². The Morgan fingerprint density at radius 1 is 0.909 bits per heavy atom. The Hall–Kier alpha value is -2.84. The van der Waals surface area contributed by atoms with Gasteiger partial charge in [-0.3, -0.25) is 4.79 Å². The molecule has 7 heteroatoms. The first-order chi connectivity index (χ1) is 15.9. The number of nitrogens with one attached hydrogen (secondary N) is 1. The molecule has 2 unspecified atom stereocenters. The molecule has 174 valence electrons. The lowest BCUT2D eigenvalue weighted by molar-refractivity contribution is -0.141. The largest absolute Gasteiger partial charge is 0.376 e. The fourth-order valence-corrected chi connectivity index (χ4v) is 3.91. The van der Waals surface area contributed by atoms with Gasteiger partial charge in [-0.25, -0.2) is 4.21 Å². The van der Waals surface area contributed by atoms with E-state index in [4.69, 9.17) is 9.47 Å². The van der Waals surface area contributed by atoms with E-state index in [0.717, 1.165) is 11.1 Å². The molecule has 3 rings (SSSR count). The first kappa shape index (κ1) is 24.8. The van der Waals surface area contributed by atoms with Crippen molar-refractivity contribution in [3.8, 4) is 0 Å². The standard InChI is InChI=1S/C26H29NO5S/c1-26(2,19-31-17-20-11-5-3-6-12-20)24(32-18-21-13-7-4-8-14-21)25(28)27-22-15-9-10-16-23(22)33(29)30/h3-16,24H,17-19H2,1-2H3,(H,27,28)(H,29,30). The molecular weight excluding hydrogens is 438 g/mol. The number of hydrogen-bond acceptors (Lipinski definition) is 4. The molecule has 0 aliphatic heterocycles. The number of carbonyl (C=O) groups excluding carboxylic acids is 1. The molecule has 3 aromatic carbocycles. The van der Waals surface area contributed by atoms with Crippen molar-refractivity contribution in [3.63, 3.8) is 0 Å². The average molecular weight is 468 g/mol. The predicted molar refractivity (Wildman–Crippen MR) is 129 cm³/mol. The van der Waals surface area contributed by atoms with Gasteiger partial charge in [-0.15, -0.1) is 0 Å². The topological polar surface area (TPSA) is 84.9 Å². The molecule has 0 aromatic heterocycles. The van der Waals surface area contributed by atoms with Gasteiger partial charge in [-0.1, -0.05) is 86.6 Å². The fraction of sp³-hybridized carbons (Fsp3) is 0.269. The van der Waals surface area contributed by atoms with Crippen molar-refractivity contribution >= 4 is 22.7 Å². The van der Waals surface area contributed by atoms with Crippen molar-refractivity contribution < 1.29 is 23.0 Å². The van der Waals surface area contributed by atoms with Crippen molar-refractivity contribution in [2.45, 2.75) is 38.1 Å². The van der Waals surface area contributed by atoms with Crippen LogP contribution in [0.4, 0.5) is 5.69 Å². The second kappa shape index (κ2) is 11.9. The van der Waals surface area contributed by atoms with E-state index in [1.807, 2.05) is 74.5 Å². The van der Waals surface area contributed by atoms with Crippen LogP contribution in [0.25, 0.3) is 0 Å². The zero-order valence-corrected chi connectivity index (χ0v) is 19.6. The van der Waals surface area contributed by atoms with Gasteiger partial charge in [0, 0.05) is 5.41 Å². The van der Waals surface area contributed by atoms with Crippen LogP contribution >= 0.6 is 0 Å². The van der Waals surface area contributed by atoms with Crippen LogP contribution < -0.4 is 5.32 Å². The smallest absolute Gasteiger partial charge is 0.254 e. The maximum Gasteiger partial charge on any atom is 0.254 e. The zero-order chi connectivity index (χ0) is 23.7. The highest BCUT2D eigenvalue weighted by atomic mass is 32.2. The summed E-state index contributed by atoms with van der Waals surface area (Å²) in [6, 6.07) is 25.8. The van der Waals surface area contributed by atoms with Gasteiger partial charge in [0.05, 0.1) is 30.4 Å².